The fourth-order valence-electron chi connectivity index (χ4n) is 4.40. The SMILES string of the molecule is CCC(C(=O)NCC(C)C)N(Cc1ccc(Cl)cc1Cl)C(=O)CN(c1cc(C)ccc1C)S(=O)(=O)c1ccccc1. The van der Waals surface area contributed by atoms with E-state index in [0.717, 1.165) is 9.87 Å². The van der Waals surface area contributed by atoms with Gasteiger partial charge in [-0.15, -0.1) is 0 Å². The van der Waals surface area contributed by atoms with E-state index in [1.54, 1.807) is 49.4 Å². The summed E-state index contributed by atoms with van der Waals surface area (Å²) < 4.78 is 29.1. The van der Waals surface area contributed by atoms with Gasteiger partial charge in [-0.1, -0.05) is 80.4 Å². The van der Waals surface area contributed by atoms with E-state index < -0.39 is 28.5 Å². The van der Waals surface area contributed by atoms with E-state index >= 15 is 0 Å². The van der Waals surface area contributed by atoms with Gasteiger partial charge in [-0.2, -0.15) is 0 Å². The summed E-state index contributed by atoms with van der Waals surface area (Å²) >= 11 is 12.6. The first-order valence-corrected chi connectivity index (χ1v) is 15.7. The quantitative estimate of drug-likeness (QED) is 0.255. The summed E-state index contributed by atoms with van der Waals surface area (Å²) in [7, 11) is -4.14. The van der Waals surface area contributed by atoms with Gasteiger partial charge in [0.25, 0.3) is 10.0 Å². The van der Waals surface area contributed by atoms with Crippen LogP contribution >= 0.6 is 23.2 Å². The van der Waals surface area contributed by atoms with Gasteiger partial charge < -0.3 is 10.2 Å². The second-order valence-electron chi connectivity index (χ2n) is 10.4. The van der Waals surface area contributed by atoms with Crippen LogP contribution in [0.4, 0.5) is 5.69 Å². The number of rotatable bonds is 12. The largest absolute Gasteiger partial charge is 0.354 e. The predicted molar refractivity (Wildman–Crippen MR) is 166 cm³/mol. The molecule has 0 saturated heterocycles. The highest BCUT2D eigenvalue weighted by atomic mass is 35.5. The zero-order chi connectivity index (χ0) is 30.3. The molecule has 1 unspecified atom stereocenters. The van der Waals surface area contributed by atoms with Crippen molar-refractivity contribution in [2.75, 3.05) is 17.4 Å². The van der Waals surface area contributed by atoms with Gasteiger partial charge in [0.2, 0.25) is 11.8 Å². The summed E-state index contributed by atoms with van der Waals surface area (Å²) in [5.41, 5.74) is 2.51. The Morgan fingerprint density at radius 3 is 2.24 bits per heavy atom. The topological polar surface area (TPSA) is 86.8 Å². The molecule has 0 spiro atoms. The highest BCUT2D eigenvalue weighted by Gasteiger charge is 2.34. The number of anilines is 1. The number of benzene rings is 3. The molecule has 220 valence electrons. The summed E-state index contributed by atoms with van der Waals surface area (Å²) in [6, 6.07) is 17.5. The van der Waals surface area contributed by atoms with Crippen LogP contribution in [0.5, 0.6) is 0 Å². The fraction of sp³-hybridized carbons (Fsp3) is 0.355. The van der Waals surface area contributed by atoms with Crippen molar-refractivity contribution < 1.29 is 18.0 Å². The smallest absolute Gasteiger partial charge is 0.264 e. The minimum Gasteiger partial charge on any atom is -0.354 e. The number of carbonyl (C=O) groups is 2. The monoisotopic (exact) mass is 617 g/mol. The van der Waals surface area contributed by atoms with Crippen molar-refractivity contribution in [3.05, 3.63) is 93.5 Å². The third-order valence-electron chi connectivity index (χ3n) is 6.67. The van der Waals surface area contributed by atoms with Gasteiger partial charge in [0.05, 0.1) is 10.6 Å². The Morgan fingerprint density at radius 2 is 1.63 bits per heavy atom. The Hall–Kier alpha value is -3.07. The molecule has 0 aliphatic rings. The van der Waals surface area contributed by atoms with Gasteiger partial charge in [-0.25, -0.2) is 8.42 Å². The molecular formula is C31H37Cl2N3O4S. The zero-order valence-electron chi connectivity index (χ0n) is 24.0. The number of amides is 2. The summed E-state index contributed by atoms with van der Waals surface area (Å²) in [4.78, 5) is 29.0. The lowest BCUT2D eigenvalue weighted by Crippen LogP contribution is -2.52. The van der Waals surface area contributed by atoms with Crippen LogP contribution in [0.1, 0.15) is 43.9 Å². The second-order valence-corrected chi connectivity index (χ2v) is 13.1. The van der Waals surface area contributed by atoms with Crippen LogP contribution in [0.25, 0.3) is 0 Å². The molecule has 0 saturated carbocycles. The Bertz CT molecular complexity index is 1480. The Labute approximate surface area is 253 Å². The number of hydrogen-bond acceptors (Lipinski definition) is 4. The van der Waals surface area contributed by atoms with Crippen LogP contribution in [-0.4, -0.2) is 44.3 Å². The lowest BCUT2D eigenvalue weighted by Gasteiger charge is -2.34. The molecule has 0 fully saturated rings. The molecule has 0 aliphatic carbocycles. The average Bonchev–Trinajstić information content (AvgIpc) is 2.93. The van der Waals surface area contributed by atoms with Gasteiger partial charge in [0.15, 0.2) is 0 Å². The molecule has 0 aromatic heterocycles. The minimum absolute atomic E-state index is 0.00549. The average molecular weight is 619 g/mol. The minimum atomic E-state index is -4.14. The highest BCUT2D eigenvalue weighted by molar-refractivity contribution is 7.92. The number of halogens is 2. The number of carbonyl (C=O) groups excluding carboxylic acids is 2. The molecule has 2 amide bonds. The molecule has 3 aromatic carbocycles. The van der Waals surface area contributed by atoms with Crippen LogP contribution in [0.15, 0.2) is 71.6 Å². The van der Waals surface area contributed by atoms with Crippen molar-refractivity contribution >= 4 is 50.7 Å². The Balaban J connectivity index is 2.10. The molecule has 1 atom stereocenters. The molecule has 0 heterocycles. The van der Waals surface area contributed by atoms with E-state index in [1.165, 1.54) is 17.0 Å². The molecule has 3 aromatic rings. The van der Waals surface area contributed by atoms with E-state index in [9.17, 15) is 18.0 Å². The normalized spacial score (nSPS) is 12.2. The molecule has 0 bridgehead atoms. The van der Waals surface area contributed by atoms with Crippen LogP contribution < -0.4 is 9.62 Å². The molecule has 3 rings (SSSR count). The van der Waals surface area contributed by atoms with Crippen LogP contribution in [-0.2, 0) is 26.2 Å². The lowest BCUT2D eigenvalue weighted by molar-refractivity contribution is -0.140. The van der Waals surface area contributed by atoms with Crippen LogP contribution in [0.2, 0.25) is 10.0 Å². The van der Waals surface area contributed by atoms with Gasteiger partial charge in [-0.3, -0.25) is 13.9 Å². The zero-order valence-corrected chi connectivity index (χ0v) is 26.4. The van der Waals surface area contributed by atoms with Crippen molar-refractivity contribution in [1.29, 1.82) is 0 Å². The maximum Gasteiger partial charge on any atom is 0.264 e. The molecule has 1 N–H and O–H groups in total. The predicted octanol–water partition coefficient (Wildman–Crippen LogP) is 6.39. The summed E-state index contributed by atoms with van der Waals surface area (Å²) in [5.74, 6) is -0.645. The van der Waals surface area contributed by atoms with Crippen molar-refractivity contribution in [1.82, 2.24) is 10.2 Å². The Morgan fingerprint density at radius 1 is 0.951 bits per heavy atom. The summed E-state index contributed by atoms with van der Waals surface area (Å²) in [6.45, 7) is 9.35. The maximum absolute atomic E-state index is 14.2. The molecule has 0 radical (unpaired) electrons. The van der Waals surface area contributed by atoms with Crippen LogP contribution in [0.3, 0.4) is 0 Å². The van der Waals surface area contributed by atoms with Gasteiger partial charge in [0, 0.05) is 23.1 Å². The first-order chi connectivity index (χ1) is 19.3. The first kappa shape index (κ1) is 32.4. The van der Waals surface area contributed by atoms with E-state index in [4.69, 9.17) is 23.2 Å². The standard InChI is InChI=1S/C31H37Cl2N3O4S/c1-6-28(31(38)34-18-21(2)3)35(19-24-14-15-25(32)17-27(24)33)30(37)20-36(29-16-22(4)12-13-23(29)5)41(39,40)26-10-8-7-9-11-26/h7-17,21,28H,6,18-20H2,1-5H3,(H,34,38). The Kier molecular flexibility index (Phi) is 11.2. The third kappa shape index (κ3) is 8.24. The summed E-state index contributed by atoms with van der Waals surface area (Å²) in [5, 5.41) is 3.70. The number of nitrogens with one attached hydrogen (secondary N) is 1. The molecule has 7 nitrogen and oxygen atoms in total. The van der Waals surface area contributed by atoms with Crippen molar-refractivity contribution in [3.8, 4) is 0 Å². The molecule has 41 heavy (non-hydrogen) atoms. The van der Waals surface area contributed by atoms with E-state index in [-0.39, 0.29) is 23.3 Å². The van der Waals surface area contributed by atoms with Gasteiger partial charge in [-0.05, 0) is 73.2 Å². The van der Waals surface area contributed by atoms with Gasteiger partial charge in [0.1, 0.15) is 12.6 Å². The lowest BCUT2D eigenvalue weighted by atomic mass is 10.1. The van der Waals surface area contributed by atoms with E-state index in [2.05, 4.69) is 5.32 Å². The van der Waals surface area contributed by atoms with Crippen molar-refractivity contribution in [3.63, 3.8) is 0 Å². The first-order valence-electron chi connectivity index (χ1n) is 13.5. The molecule has 0 aliphatic heterocycles. The van der Waals surface area contributed by atoms with E-state index in [1.807, 2.05) is 39.8 Å². The van der Waals surface area contributed by atoms with Crippen molar-refractivity contribution in [2.45, 2.75) is 58.5 Å². The second kappa shape index (κ2) is 14.2. The molecule has 10 heteroatoms. The van der Waals surface area contributed by atoms with Crippen LogP contribution in [0, 0.1) is 19.8 Å². The number of hydrogen-bond donors (Lipinski definition) is 1. The summed E-state index contributed by atoms with van der Waals surface area (Å²) in [6.07, 6.45) is 0.315. The highest BCUT2D eigenvalue weighted by Crippen LogP contribution is 2.29. The van der Waals surface area contributed by atoms with Crippen molar-refractivity contribution in [2.24, 2.45) is 5.92 Å². The fourth-order valence-corrected chi connectivity index (χ4v) is 6.36. The van der Waals surface area contributed by atoms with Gasteiger partial charge >= 0.3 is 0 Å². The third-order valence-corrected chi connectivity index (χ3v) is 9.03. The number of nitrogens with zero attached hydrogens (tertiary/aromatic N) is 2. The van der Waals surface area contributed by atoms with E-state index in [0.29, 0.717) is 39.8 Å². The molecular weight excluding hydrogens is 581 g/mol. The maximum atomic E-state index is 14.2. The number of sulfonamides is 1. The number of aryl methyl sites for hydroxylation is 2.